The van der Waals surface area contributed by atoms with Crippen LogP contribution in [0.25, 0.3) is 21.9 Å². The van der Waals surface area contributed by atoms with Gasteiger partial charge in [-0.1, -0.05) is 50.2 Å². The van der Waals surface area contributed by atoms with E-state index in [0.717, 1.165) is 17.2 Å². The molecule has 0 saturated carbocycles. The second-order valence-corrected chi connectivity index (χ2v) is 11.9. The Morgan fingerprint density at radius 1 is 1.21 bits per heavy atom. The summed E-state index contributed by atoms with van der Waals surface area (Å²) in [7, 11) is -0.358. The van der Waals surface area contributed by atoms with Crippen molar-refractivity contribution >= 4 is 68.4 Å². The monoisotopic (exact) mass is 802 g/mol. The molecule has 1 saturated heterocycles. The van der Waals surface area contributed by atoms with Gasteiger partial charge in [-0.3, -0.25) is 4.79 Å². The minimum absolute atomic E-state index is 0.160. The first-order valence-electron chi connectivity index (χ1n) is 14.3. The number of carbonyl (C=O) groups is 1. The van der Waals surface area contributed by atoms with Crippen molar-refractivity contribution in [3.63, 3.8) is 0 Å². The van der Waals surface area contributed by atoms with Crippen molar-refractivity contribution in [3.8, 4) is 11.6 Å². The van der Waals surface area contributed by atoms with Crippen molar-refractivity contribution in [3.05, 3.63) is 48.8 Å². The van der Waals surface area contributed by atoms with Crippen LogP contribution in [0.4, 0.5) is 5.95 Å². The van der Waals surface area contributed by atoms with Crippen LogP contribution in [0.2, 0.25) is 0 Å². The molecule has 0 spiro atoms. The standard InChI is InChI=1S/C27H32N6O6P.C2H6.Tl/c1-5-36-24-22-23(30-27(28)31-24)33(15-29-22)25-16(2)13-19(38-25)14-37-40(32-17(3)26(34)35-4)39-21-12-8-10-18-9-6-7-11-20(18)21;1-2;/h6-12,15-17,19,25,32H,5,13-14H2,1-4H3,(H-,28,30,31);1-2H3;/q-1;;+1. The van der Waals surface area contributed by atoms with Gasteiger partial charge < -0.3 is 4.74 Å². The van der Waals surface area contributed by atoms with Crippen molar-refractivity contribution in [2.45, 2.75) is 59.4 Å². The summed E-state index contributed by atoms with van der Waals surface area (Å²) < 4.78 is 34.7. The average Bonchev–Trinajstić information content (AvgIpc) is 3.63. The molecule has 14 heteroatoms. The Balaban J connectivity index is 0.00000207. The van der Waals surface area contributed by atoms with Gasteiger partial charge in [-0.2, -0.15) is 0 Å². The molecular formula is C29H38N6O6PTl. The number of carbonyl (C=O) groups excluding carboxylic acids is 1. The third-order valence-electron chi connectivity index (χ3n) is 6.69. The van der Waals surface area contributed by atoms with Crippen LogP contribution in [-0.2, 0) is 18.8 Å². The molecule has 3 heterocycles. The Bertz CT molecular complexity index is 1500. The van der Waals surface area contributed by atoms with Crippen LogP contribution in [0.1, 0.15) is 47.3 Å². The van der Waals surface area contributed by atoms with Gasteiger partial charge in [0.1, 0.15) is 11.8 Å². The molecule has 5 atom stereocenters. The summed E-state index contributed by atoms with van der Waals surface area (Å²) >= 11 is 0.480. The molecule has 2 N–H and O–H groups in total. The van der Waals surface area contributed by atoms with Crippen molar-refractivity contribution in [2.75, 3.05) is 23.4 Å². The summed E-state index contributed by atoms with van der Waals surface area (Å²) in [6.45, 7) is 10.5. The molecular weight excluding hydrogens is 764 g/mol. The van der Waals surface area contributed by atoms with Crippen LogP contribution in [0.15, 0.2) is 48.8 Å². The number of aromatic nitrogens is 4. The van der Waals surface area contributed by atoms with Gasteiger partial charge in [0.05, 0.1) is 7.11 Å². The number of benzene rings is 2. The SMILES string of the molecule is CC.CCOc1nc([NH][Tl])nc2c1ncn2C1OC(COP(NC(C)C(=O)OC)Oc2cccc3ccccc23)CC1C. The fourth-order valence-electron chi connectivity index (χ4n) is 4.74. The number of nitrogens with one attached hydrogen (secondary N) is 2. The number of fused-ring (bicyclic) bond motifs is 2. The quantitative estimate of drug-likeness (QED) is 0.110. The molecule has 5 rings (SSSR count). The van der Waals surface area contributed by atoms with E-state index in [4.69, 9.17) is 23.3 Å². The predicted octanol–water partition coefficient (Wildman–Crippen LogP) is 5.30. The van der Waals surface area contributed by atoms with E-state index < -0.39 is 20.5 Å². The number of hydrogen-bond acceptors (Lipinski definition) is 11. The molecule has 12 nitrogen and oxygen atoms in total. The van der Waals surface area contributed by atoms with E-state index in [2.05, 4.69) is 30.1 Å². The van der Waals surface area contributed by atoms with E-state index in [1.54, 1.807) is 13.3 Å². The predicted molar refractivity (Wildman–Crippen MR) is 167 cm³/mol. The summed E-state index contributed by atoms with van der Waals surface area (Å²) in [6, 6.07) is 13.2. The molecule has 1 fully saturated rings. The van der Waals surface area contributed by atoms with Crippen LogP contribution in [0.5, 0.6) is 11.6 Å². The molecule has 2 aromatic heterocycles. The topological polar surface area (TPSA) is 131 Å². The summed E-state index contributed by atoms with van der Waals surface area (Å²) in [5.74, 6) is 1.38. The van der Waals surface area contributed by atoms with Gasteiger partial charge in [-0.15, -0.1) is 0 Å². The van der Waals surface area contributed by atoms with E-state index in [9.17, 15) is 4.79 Å². The average molecular weight is 802 g/mol. The van der Waals surface area contributed by atoms with Gasteiger partial charge in [-0.25, -0.2) is 0 Å². The zero-order valence-electron chi connectivity index (χ0n) is 25.3. The molecule has 43 heavy (non-hydrogen) atoms. The number of rotatable bonds is 12. The zero-order valence-corrected chi connectivity index (χ0v) is 30.7. The van der Waals surface area contributed by atoms with Crippen LogP contribution in [0.3, 0.4) is 0 Å². The Hall–Kier alpha value is -2.65. The Morgan fingerprint density at radius 2 is 1.98 bits per heavy atom. The molecule has 0 aliphatic carbocycles. The number of imidazole rings is 1. The summed E-state index contributed by atoms with van der Waals surface area (Å²) in [5.41, 5.74) is 1.25. The molecule has 4 aromatic rings. The van der Waals surface area contributed by atoms with Crippen LogP contribution < -0.4 is 17.5 Å². The van der Waals surface area contributed by atoms with Crippen LogP contribution in [-0.4, -0.2) is 84.0 Å². The van der Waals surface area contributed by atoms with Gasteiger partial charge in [0.15, 0.2) is 0 Å². The molecule has 0 amide bonds. The van der Waals surface area contributed by atoms with Crippen molar-refractivity contribution in [2.24, 2.45) is 5.92 Å². The first-order valence-corrected chi connectivity index (χ1v) is 17.8. The first kappa shape index (κ1) is 33.2. The Labute approximate surface area is 269 Å². The fourth-order valence-corrected chi connectivity index (χ4v) is 6.48. The van der Waals surface area contributed by atoms with E-state index >= 15 is 0 Å². The maximum absolute atomic E-state index is 12.2. The minimum atomic E-state index is -1.71. The van der Waals surface area contributed by atoms with E-state index in [1.807, 2.05) is 67.8 Å². The van der Waals surface area contributed by atoms with E-state index in [0.29, 0.717) is 61.4 Å². The maximum atomic E-state index is 12.2. The van der Waals surface area contributed by atoms with Crippen LogP contribution >= 0.6 is 8.53 Å². The van der Waals surface area contributed by atoms with Crippen molar-refractivity contribution < 1.29 is 28.1 Å². The number of ether oxygens (including phenoxy) is 3. The molecule has 5 unspecified atom stereocenters. The number of methoxy groups -OCH3 is 1. The molecule has 228 valence electrons. The molecule has 0 radical (unpaired) electrons. The van der Waals surface area contributed by atoms with Gasteiger partial charge in [0, 0.05) is 5.39 Å². The van der Waals surface area contributed by atoms with Crippen molar-refractivity contribution in [1.82, 2.24) is 24.6 Å². The van der Waals surface area contributed by atoms with Gasteiger partial charge in [-0.05, 0) is 18.4 Å². The summed E-state index contributed by atoms with van der Waals surface area (Å²) in [5, 5.41) is 5.15. The van der Waals surface area contributed by atoms with Crippen LogP contribution in [0, 0.1) is 5.92 Å². The number of anilines is 1. The van der Waals surface area contributed by atoms with Gasteiger partial charge in [0.2, 0.25) is 0 Å². The fraction of sp³-hybridized carbons (Fsp3) is 0.448. The number of hydrogen-bond donors (Lipinski definition) is 2. The normalized spacial score (nSPS) is 19.3. The molecule has 2 aromatic carbocycles. The molecule has 1 aliphatic heterocycles. The molecule has 0 bridgehead atoms. The third kappa shape index (κ3) is 7.90. The second kappa shape index (κ2) is 15.9. The van der Waals surface area contributed by atoms with E-state index in [-0.39, 0.29) is 24.9 Å². The van der Waals surface area contributed by atoms with Gasteiger partial charge >= 0.3 is 168 Å². The summed E-state index contributed by atoms with van der Waals surface area (Å²) in [6.07, 6.45) is 1.97. The van der Waals surface area contributed by atoms with E-state index in [1.165, 1.54) is 7.11 Å². The summed E-state index contributed by atoms with van der Waals surface area (Å²) in [4.78, 5) is 25.8. The third-order valence-corrected chi connectivity index (χ3v) is 9.04. The first-order chi connectivity index (χ1) is 20.9. The van der Waals surface area contributed by atoms with Crippen molar-refractivity contribution in [1.29, 1.82) is 0 Å². The number of nitrogens with zero attached hydrogens (tertiary/aromatic N) is 4. The van der Waals surface area contributed by atoms with Gasteiger partial charge in [0.25, 0.3) is 0 Å². The second-order valence-electron chi connectivity index (χ2n) is 9.61. The Morgan fingerprint density at radius 3 is 2.72 bits per heavy atom. The molecule has 1 aliphatic rings. The zero-order chi connectivity index (χ0) is 30.9. The number of esters is 1. The Kier molecular flexibility index (Phi) is 12.3.